The molecule has 0 spiro atoms. The number of methoxy groups -OCH3 is 1. The van der Waals surface area contributed by atoms with Crippen LogP contribution in [0.3, 0.4) is 0 Å². The molecule has 0 fully saturated rings. The predicted molar refractivity (Wildman–Crippen MR) is 79.6 cm³/mol. The van der Waals surface area contributed by atoms with E-state index in [2.05, 4.69) is 25.2 Å². The minimum atomic E-state index is 0.252. The van der Waals surface area contributed by atoms with Crippen LogP contribution in [0.5, 0.6) is 5.75 Å². The van der Waals surface area contributed by atoms with E-state index in [1.165, 1.54) is 5.56 Å². The maximum atomic E-state index is 9.57. The van der Waals surface area contributed by atoms with Gasteiger partial charge in [0.15, 0.2) is 0 Å². The van der Waals surface area contributed by atoms with Gasteiger partial charge in [0.2, 0.25) is 0 Å². The summed E-state index contributed by atoms with van der Waals surface area (Å²) in [6, 6.07) is 7.60. The van der Waals surface area contributed by atoms with Crippen molar-refractivity contribution in [3.05, 3.63) is 29.8 Å². The standard InChI is InChI=1S/C16H27NO2/c1-4-16(5-2,13-17-9-10-19-3)12-14-7-6-8-15(18)11-14/h6-8,11,17-18H,4-5,9-10,12-13H2,1-3H3. The van der Waals surface area contributed by atoms with E-state index in [0.29, 0.717) is 5.75 Å². The summed E-state index contributed by atoms with van der Waals surface area (Å²) in [4.78, 5) is 0. The molecule has 1 aromatic carbocycles. The van der Waals surface area contributed by atoms with Gasteiger partial charge in [-0.1, -0.05) is 26.0 Å². The zero-order valence-electron chi connectivity index (χ0n) is 12.4. The number of rotatable bonds is 9. The van der Waals surface area contributed by atoms with Gasteiger partial charge >= 0.3 is 0 Å². The second-order valence-electron chi connectivity index (χ2n) is 5.22. The van der Waals surface area contributed by atoms with Gasteiger partial charge in [-0.2, -0.15) is 0 Å². The normalized spacial score (nSPS) is 11.7. The Labute approximate surface area is 117 Å². The van der Waals surface area contributed by atoms with Gasteiger partial charge in [0.1, 0.15) is 5.75 Å². The Morgan fingerprint density at radius 1 is 1.26 bits per heavy atom. The number of hydrogen-bond donors (Lipinski definition) is 2. The van der Waals surface area contributed by atoms with Crippen LogP contribution < -0.4 is 5.32 Å². The van der Waals surface area contributed by atoms with E-state index in [1.807, 2.05) is 12.1 Å². The number of aromatic hydroxyl groups is 1. The quantitative estimate of drug-likeness (QED) is 0.674. The zero-order valence-corrected chi connectivity index (χ0v) is 12.4. The third-order valence-corrected chi connectivity index (χ3v) is 3.97. The fourth-order valence-corrected chi connectivity index (χ4v) is 2.44. The highest BCUT2D eigenvalue weighted by molar-refractivity contribution is 5.28. The van der Waals surface area contributed by atoms with Crippen LogP contribution in [-0.4, -0.2) is 31.9 Å². The van der Waals surface area contributed by atoms with Crippen molar-refractivity contribution in [1.29, 1.82) is 0 Å². The monoisotopic (exact) mass is 265 g/mol. The number of benzene rings is 1. The molecule has 0 saturated heterocycles. The number of hydrogen-bond acceptors (Lipinski definition) is 3. The third-order valence-electron chi connectivity index (χ3n) is 3.97. The molecule has 0 aromatic heterocycles. The lowest BCUT2D eigenvalue weighted by Gasteiger charge is -2.32. The summed E-state index contributed by atoms with van der Waals surface area (Å²) >= 11 is 0. The molecule has 0 atom stereocenters. The molecular formula is C16H27NO2. The Balaban J connectivity index is 2.64. The molecule has 1 rings (SSSR count). The van der Waals surface area contributed by atoms with Crippen LogP contribution in [0.4, 0.5) is 0 Å². The summed E-state index contributed by atoms with van der Waals surface area (Å²) in [6.45, 7) is 7.10. The van der Waals surface area contributed by atoms with Crippen molar-refractivity contribution in [2.75, 3.05) is 26.8 Å². The highest BCUT2D eigenvalue weighted by Crippen LogP contribution is 2.31. The van der Waals surface area contributed by atoms with E-state index in [4.69, 9.17) is 4.74 Å². The molecule has 0 bridgehead atoms. The molecule has 0 amide bonds. The maximum Gasteiger partial charge on any atom is 0.115 e. The number of phenols is 1. The Morgan fingerprint density at radius 3 is 2.58 bits per heavy atom. The average molecular weight is 265 g/mol. The van der Waals surface area contributed by atoms with E-state index in [9.17, 15) is 5.11 Å². The van der Waals surface area contributed by atoms with Gasteiger partial charge in [-0.15, -0.1) is 0 Å². The predicted octanol–water partition coefficient (Wildman–Crippen LogP) is 2.98. The first-order valence-electron chi connectivity index (χ1n) is 7.13. The molecule has 0 aliphatic carbocycles. The number of ether oxygens (including phenoxy) is 1. The van der Waals surface area contributed by atoms with Crippen molar-refractivity contribution in [2.45, 2.75) is 33.1 Å². The van der Waals surface area contributed by atoms with Crippen LogP contribution in [0.1, 0.15) is 32.3 Å². The van der Waals surface area contributed by atoms with Crippen molar-refractivity contribution in [1.82, 2.24) is 5.32 Å². The minimum Gasteiger partial charge on any atom is -0.508 e. The molecule has 0 heterocycles. The Hall–Kier alpha value is -1.06. The molecule has 0 saturated carbocycles. The molecule has 0 radical (unpaired) electrons. The van der Waals surface area contributed by atoms with E-state index >= 15 is 0 Å². The molecule has 3 nitrogen and oxygen atoms in total. The largest absolute Gasteiger partial charge is 0.508 e. The van der Waals surface area contributed by atoms with Crippen LogP contribution >= 0.6 is 0 Å². The lowest BCUT2D eigenvalue weighted by molar-refractivity contribution is 0.185. The molecule has 0 unspecified atom stereocenters. The average Bonchev–Trinajstić information content (AvgIpc) is 2.42. The fourth-order valence-electron chi connectivity index (χ4n) is 2.44. The lowest BCUT2D eigenvalue weighted by atomic mass is 9.77. The van der Waals surface area contributed by atoms with Crippen molar-refractivity contribution in [3.63, 3.8) is 0 Å². The van der Waals surface area contributed by atoms with Crippen molar-refractivity contribution in [2.24, 2.45) is 5.41 Å². The molecule has 19 heavy (non-hydrogen) atoms. The number of phenolic OH excluding ortho intramolecular Hbond substituents is 1. The highest BCUT2D eigenvalue weighted by Gasteiger charge is 2.26. The first-order chi connectivity index (χ1) is 9.15. The SMILES string of the molecule is CCC(CC)(CNCCOC)Cc1cccc(O)c1. The van der Waals surface area contributed by atoms with Gasteiger partial charge in [-0.05, 0) is 42.4 Å². The van der Waals surface area contributed by atoms with E-state index in [-0.39, 0.29) is 5.41 Å². The molecule has 3 heteroatoms. The lowest BCUT2D eigenvalue weighted by Crippen LogP contribution is -2.36. The second kappa shape index (κ2) is 8.18. The summed E-state index contributed by atoms with van der Waals surface area (Å²) in [7, 11) is 1.72. The van der Waals surface area contributed by atoms with E-state index in [1.54, 1.807) is 13.2 Å². The van der Waals surface area contributed by atoms with Crippen LogP contribution in [0.2, 0.25) is 0 Å². The Bertz CT molecular complexity index is 362. The third kappa shape index (κ3) is 5.21. The van der Waals surface area contributed by atoms with Crippen molar-refractivity contribution < 1.29 is 9.84 Å². The van der Waals surface area contributed by atoms with Gasteiger partial charge in [0.05, 0.1) is 6.61 Å². The molecule has 108 valence electrons. The maximum absolute atomic E-state index is 9.57. The summed E-state index contributed by atoms with van der Waals surface area (Å²) < 4.78 is 5.06. The van der Waals surface area contributed by atoms with Crippen LogP contribution in [0, 0.1) is 5.41 Å². The zero-order chi connectivity index (χ0) is 14.1. The fraction of sp³-hybridized carbons (Fsp3) is 0.625. The van der Waals surface area contributed by atoms with Crippen molar-refractivity contribution >= 4 is 0 Å². The topological polar surface area (TPSA) is 41.5 Å². The number of nitrogens with one attached hydrogen (secondary N) is 1. The van der Waals surface area contributed by atoms with Gasteiger partial charge in [0, 0.05) is 20.2 Å². The van der Waals surface area contributed by atoms with E-state index in [0.717, 1.165) is 39.0 Å². The first kappa shape index (κ1) is 16.0. The molecular weight excluding hydrogens is 238 g/mol. The Morgan fingerprint density at radius 2 is 2.00 bits per heavy atom. The molecule has 1 aromatic rings. The summed E-state index contributed by atoms with van der Waals surface area (Å²) in [5, 5.41) is 13.0. The smallest absolute Gasteiger partial charge is 0.115 e. The van der Waals surface area contributed by atoms with Gasteiger partial charge in [-0.25, -0.2) is 0 Å². The molecule has 2 N–H and O–H groups in total. The van der Waals surface area contributed by atoms with Crippen LogP contribution in [0.15, 0.2) is 24.3 Å². The summed E-state index contributed by atoms with van der Waals surface area (Å²) in [5.74, 6) is 0.353. The van der Waals surface area contributed by atoms with Gasteiger partial charge < -0.3 is 15.2 Å². The van der Waals surface area contributed by atoms with E-state index < -0.39 is 0 Å². The first-order valence-corrected chi connectivity index (χ1v) is 7.13. The molecule has 0 aliphatic heterocycles. The Kier molecular flexibility index (Phi) is 6.89. The highest BCUT2D eigenvalue weighted by atomic mass is 16.5. The van der Waals surface area contributed by atoms with Gasteiger partial charge in [0.25, 0.3) is 0 Å². The summed E-state index contributed by atoms with van der Waals surface area (Å²) in [6.07, 6.45) is 3.24. The van der Waals surface area contributed by atoms with Crippen LogP contribution in [-0.2, 0) is 11.2 Å². The second-order valence-corrected chi connectivity index (χ2v) is 5.22. The van der Waals surface area contributed by atoms with Crippen molar-refractivity contribution in [3.8, 4) is 5.75 Å². The summed E-state index contributed by atoms with van der Waals surface area (Å²) in [5.41, 5.74) is 1.46. The minimum absolute atomic E-state index is 0.252. The van der Waals surface area contributed by atoms with Gasteiger partial charge in [-0.3, -0.25) is 0 Å². The molecule has 0 aliphatic rings. The van der Waals surface area contributed by atoms with Crippen LogP contribution in [0.25, 0.3) is 0 Å².